The van der Waals surface area contributed by atoms with Gasteiger partial charge in [-0.1, -0.05) is 49.6 Å². The second kappa shape index (κ2) is 7.90. The number of hydrogen-bond donors (Lipinski definition) is 2. The number of amides is 1. The summed E-state index contributed by atoms with van der Waals surface area (Å²) in [5.41, 5.74) is 0.968. The molecule has 2 rings (SSSR count). The average molecular weight is 277 g/mol. The van der Waals surface area contributed by atoms with Gasteiger partial charge >= 0.3 is 6.09 Å². The molecule has 4 heteroatoms. The molecular weight excluding hydrogens is 254 g/mol. The lowest BCUT2D eigenvalue weighted by Gasteiger charge is -2.28. The lowest BCUT2D eigenvalue weighted by molar-refractivity contribution is 0.129. The molecule has 4 nitrogen and oxygen atoms in total. The Kier molecular flexibility index (Phi) is 5.87. The maximum atomic E-state index is 11.6. The van der Waals surface area contributed by atoms with Gasteiger partial charge in [-0.3, -0.25) is 0 Å². The minimum Gasteiger partial charge on any atom is -0.445 e. The lowest BCUT2D eigenvalue weighted by atomic mass is 9.79. The van der Waals surface area contributed by atoms with Gasteiger partial charge in [-0.25, -0.2) is 4.79 Å². The minimum absolute atomic E-state index is 0.121. The molecule has 0 aromatic heterocycles. The molecule has 0 heterocycles. The number of aliphatic hydroxyl groups excluding tert-OH is 1. The maximum Gasteiger partial charge on any atom is 0.407 e. The minimum atomic E-state index is -0.416. The summed E-state index contributed by atoms with van der Waals surface area (Å²) in [5.74, 6) is 0.874. The van der Waals surface area contributed by atoms with Gasteiger partial charge in [0, 0.05) is 13.2 Å². The topological polar surface area (TPSA) is 58.6 Å². The number of aliphatic hydroxyl groups is 1. The molecule has 1 aromatic carbocycles. The number of benzene rings is 1. The second-order valence-corrected chi connectivity index (χ2v) is 5.52. The Bertz CT molecular complexity index is 403. The van der Waals surface area contributed by atoms with E-state index in [-0.39, 0.29) is 19.1 Å². The summed E-state index contributed by atoms with van der Waals surface area (Å²) >= 11 is 0. The van der Waals surface area contributed by atoms with Crippen LogP contribution in [0.2, 0.25) is 0 Å². The first-order valence-corrected chi connectivity index (χ1v) is 7.33. The highest BCUT2D eigenvalue weighted by Gasteiger charge is 2.22. The zero-order valence-electron chi connectivity index (χ0n) is 11.8. The summed E-state index contributed by atoms with van der Waals surface area (Å²) in [4.78, 5) is 11.6. The van der Waals surface area contributed by atoms with E-state index in [0.29, 0.717) is 6.54 Å². The molecule has 0 aliphatic heterocycles. The molecule has 1 saturated carbocycles. The Morgan fingerprint density at radius 2 is 2.10 bits per heavy atom. The predicted molar refractivity (Wildman–Crippen MR) is 77.2 cm³/mol. The molecule has 1 unspecified atom stereocenters. The fourth-order valence-electron chi connectivity index (χ4n) is 2.42. The van der Waals surface area contributed by atoms with Gasteiger partial charge in [0.2, 0.25) is 0 Å². The standard InChI is InChI=1S/C16H23NO3/c18-11-15(9-13-7-4-8-13)10-17-16(19)20-12-14-5-2-1-3-6-14/h1-3,5-6,13,15,18H,4,7-12H2,(H,17,19). The number of carbonyl (C=O) groups is 1. The predicted octanol–water partition coefficient (Wildman–Crippen LogP) is 2.71. The van der Waals surface area contributed by atoms with Crippen molar-refractivity contribution in [2.45, 2.75) is 32.3 Å². The molecule has 2 N–H and O–H groups in total. The van der Waals surface area contributed by atoms with E-state index in [1.54, 1.807) is 0 Å². The van der Waals surface area contributed by atoms with Gasteiger partial charge < -0.3 is 15.2 Å². The van der Waals surface area contributed by atoms with Gasteiger partial charge in [0.05, 0.1) is 0 Å². The Labute approximate surface area is 120 Å². The van der Waals surface area contributed by atoms with Crippen LogP contribution < -0.4 is 5.32 Å². The third kappa shape index (κ3) is 4.85. The van der Waals surface area contributed by atoms with Crippen molar-refractivity contribution in [2.24, 2.45) is 11.8 Å². The molecule has 110 valence electrons. The van der Waals surface area contributed by atoms with Crippen LogP contribution in [0.4, 0.5) is 4.79 Å². The normalized spacial score (nSPS) is 16.2. The van der Waals surface area contributed by atoms with Crippen molar-refractivity contribution >= 4 is 6.09 Å². The lowest BCUT2D eigenvalue weighted by Crippen LogP contribution is -2.33. The van der Waals surface area contributed by atoms with Crippen molar-refractivity contribution in [1.29, 1.82) is 0 Å². The number of hydrogen-bond acceptors (Lipinski definition) is 3. The quantitative estimate of drug-likeness (QED) is 0.805. The van der Waals surface area contributed by atoms with E-state index in [1.807, 2.05) is 30.3 Å². The summed E-state index contributed by atoms with van der Waals surface area (Å²) in [6, 6.07) is 9.59. The summed E-state index contributed by atoms with van der Waals surface area (Å²) < 4.78 is 5.14. The monoisotopic (exact) mass is 277 g/mol. The molecule has 20 heavy (non-hydrogen) atoms. The molecular formula is C16H23NO3. The van der Waals surface area contributed by atoms with Crippen molar-refractivity contribution in [3.8, 4) is 0 Å². The van der Waals surface area contributed by atoms with Crippen LogP contribution in [0.3, 0.4) is 0 Å². The average Bonchev–Trinajstić information content (AvgIpc) is 2.44. The van der Waals surface area contributed by atoms with Crippen LogP contribution in [0, 0.1) is 11.8 Å². The van der Waals surface area contributed by atoms with E-state index >= 15 is 0 Å². The number of rotatable bonds is 7. The van der Waals surface area contributed by atoms with Crippen molar-refractivity contribution in [1.82, 2.24) is 5.32 Å². The number of alkyl carbamates (subject to hydrolysis) is 1. The largest absolute Gasteiger partial charge is 0.445 e. The van der Waals surface area contributed by atoms with Crippen LogP contribution >= 0.6 is 0 Å². The van der Waals surface area contributed by atoms with E-state index < -0.39 is 6.09 Å². The molecule has 1 fully saturated rings. The van der Waals surface area contributed by atoms with Crippen LogP contribution in [0.1, 0.15) is 31.2 Å². The highest BCUT2D eigenvalue weighted by Crippen LogP contribution is 2.31. The fourth-order valence-corrected chi connectivity index (χ4v) is 2.42. The van der Waals surface area contributed by atoms with Gasteiger partial charge in [0.15, 0.2) is 0 Å². The van der Waals surface area contributed by atoms with E-state index in [9.17, 15) is 9.90 Å². The Morgan fingerprint density at radius 1 is 1.35 bits per heavy atom. The molecule has 1 aliphatic carbocycles. The van der Waals surface area contributed by atoms with Crippen LogP contribution in [-0.2, 0) is 11.3 Å². The van der Waals surface area contributed by atoms with Crippen LogP contribution in [-0.4, -0.2) is 24.4 Å². The Hall–Kier alpha value is -1.55. The molecule has 1 aliphatic rings. The summed E-state index contributed by atoms with van der Waals surface area (Å²) in [6.45, 7) is 0.884. The Balaban J connectivity index is 1.63. The zero-order valence-corrected chi connectivity index (χ0v) is 11.8. The van der Waals surface area contributed by atoms with Gasteiger partial charge in [-0.2, -0.15) is 0 Å². The molecule has 0 bridgehead atoms. The Morgan fingerprint density at radius 3 is 2.70 bits per heavy atom. The van der Waals surface area contributed by atoms with Crippen LogP contribution in [0.25, 0.3) is 0 Å². The van der Waals surface area contributed by atoms with Gasteiger partial charge in [0.1, 0.15) is 6.61 Å². The number of carbonyl (C=O) groups excluding carboxylic acids is 1. The van der Waals surface area contributed by atoms with Crippen molar-refractivity contribution in [2.75, 3.05) is 13.2 Å². The van der Waals surface area contributed by atoms with Crippen molar-refractivity contribution in [3.05, 3.63) is 35.9 Å². The third-order valence-corrected chi connectivity index (χ3v) is 3.90. The summed E-state index contributed by atoms with van der Waals surface area (Å²) in [7, 11) is 0. The molecule has 1 aromatic rings. The van der Waals surface area contributed by atoms with Crippen LogP contribution in [0.15, 0.2) is 30.3 Å². The van der Waals surface area contributed by atoms with E-state index in [1.165, 1.54) is 19.3 Å². The zero-order chi connectivity index (χ0) is 14.2. The molecule has 1 amide bonds. The van der Waals surface area contributed by atoms with E-state index in [4.69, 9.17) is 4.74 Å². The molecule has 1 atom stereocenters. The summed E-state index contributed by atoms with van der Waals surface area (Å²) in [5, 5.41) is 12.1. The van der Waals surface area contributed by atoms with Gasteiger partial charge in [-0.05, 0) is 23.8 Å². The highest BCUT2D eigenvalue weighted by atomic mass is 16.5. The van der Waals surface area contributed by atoms with E-state index in [0.717, 1.165) is 17.9 Å². The SMILES string of the molecule is O=C(NCC(CO)CC1CCC1)OCc1ccccc1. The van der Waals surface area contributed by atoms with Crippen LogP contribution in [0.5, 0.6) is 0 Å². The highest BCUT2D eigenvalue weighted by molar-refractivity contribution is 5.67. The van der Waals surface area contributed by atoms with Crippen molar-refractivity contribution < 1.29 is 14.6 Å². The van der Waals surface area contributed by atoms with Gasteiger partial charge in [0.25, 0.3) is 0 Å². The maximum absolute atomic E-state index is 11.6. The molecule has 0 radical (unpaired) electrons. The number of nitrogens with one attached hydrogen (secondary N) is 1. The molecule has 0 spiro atoms. The first-order chi connectivity index (χ1) is 9.78. The number of ether oxygens (including phenoxy) is 1. The van der Waals surface area contributed by atoms with Gasteiger partial charge in [-0.15, -0.1) is 0 Å². The first-order valence-electron chi connectivity index (χ1n) is 7.33. The molecule has 0 saturated heterocycles. The fraction of sp³-hybridized carbons (Fsp3) is 0.562. The first kappa shape index (κ1) is 14.9. The second-order valence-electron chi connectivity index (χ2n) is 5.52. The van der Waals surface area contributed by atoms with E-state index in [2.05, 4.69) is 5.32 Å². The summed E-state index contributed by atoms with van der Waals surface area (Å²) in [6.07, 6.45) is 4.40. The third-order valence-electron chi connectivity index (χ3n) is 3.90. The smallest absolute Gasteiger partial charge is 0.407 e. The van der Waals surface area contributed by atoms with Crippen molar-refractivity contribution in [3.63, 3.8) is 0 Å².